The first-order chi connectivity index (χ1) is 14.7. The lowest BCUT2D eigenvalue weighted by Crippen LogP contribution is -2.32. The number of hydrogen-bond donors (Lipinski definition) is 4. The smallest absolute Gasteiger partial charge is 0.274 e. The summed E-state index contributed by atoms with van der Waals surface area (Å²) in [4.78, 5) is 43.6. The van der Waals surface area contributed by atoms with Gasteiger partial charge in [-0.05, 0) is 56.3 Å². The SMILES string of the molecule is CC(C)NC(=O)c1nc[nH]c1C(=O)Nc1ccc(NC(=O)c2ccc(F)cc2Cl)cc1. The van der Waals surface area contributed by atoms with Gasteiger partial charge in [-0.15, -0.1) is 0 Å². The fraction of sp³-hybridized carbons (Fsp3) is 0.143. The van der Waals surface area contributed by atoms with Crippen LogP contribution in [0.5, 0.6) is 0 Å². The van der Waals surface area contributed by atoms with Crippen molar-refractivity contribution in [2.24, 2.45) is 0 Å². The topological polar surface area (TPSA) is 116 Å². The van der Waals surface area contributed by atoms with Crippen LogP contribution in [-0.2, 0) is 0 Å². The van der Waals surface area contributed by atoms with E-state index in [1.54, 1.807) is 38.1 Å². The lowest BCUT2D eigenvalue weighted by Gasteiger charge is -2.10. The van der Waals surface area contributed by atoms with Gasteiger partial charge in [-0.2, -0.15) is 0 Å². The first-order valence-corrected chi connectivity index (χ1v) is 9.64. The van der Waals surface area contributed by atoms with E-state index in [2.05, 4.69) is 25.9 Å². The average Bonchev–Trinajstić information content (AvgIpc) is 3.19. The van der Waals surface area contributed by atoms with Crippen LogP contribution < -0.4 is 16.0 Å². The molecule has 0 aliphatic carbocycles. The van der Waals surface area contributed by atoms with Crippen LogP contribution >= 0.6 is 11.6 Å². The van der Waals surface area contributed by atoms with E-state index in [0.717, 1.165) is 12.1 Å². The molecular formula is C21H19ClFN5O3. The van der Waals surface area contributed by atoms with Crippen molar-refractivity contribution in [1.29, 1.82) is 0 Å². The van der Waals surface area contributed by atoms with Crippen molar-refractivity contribution in [3.05, 3.63) is 76.6 Å². The quantitative estimate of drug-likeness (QED) is 0.463. The number of carbonyl (C=O) groups excluding carboxylic acids is 3. The molecule has 4 N–H and O–H groups in total. The predicted molar refractivity (Wildman–Crippen MR) is 115 cm³/mol. The summed E-state index contributed by atoms with van der Waals surface area (Å²) in [6.45, 7) is 3.60. The molecule has 0 aliphatic heterocycles. The molecule has 0 spiro atoms. The van der Waals surface area contributed by atoms with Crippen molar-refractivity contribution in [2.75, 3.05) is 10.6 Å². The minimum absolute atomic E-state index is 0.00162. The molecule has 0 fully saturated rings. The third-order valence-electron chi connectivity index (χ3n) is 4.08. The van der Waals surface area contributed by atoms with Crippen molar-refractivity contribution in [3.63, 3.8) is 0 Å². The Labute approximate surface area is 182 Å². The zero-order valence-corrected chi connectivity index (χ0v) is 17.4. The minimum Gasteiger partial charge on any atom is -0.348 e. The van der Waals surface area contributed by atoms with Gasteiger partial charge in [0, 0.05) is 17.4 Å². The maximum absolute atomic E-state index is 13.1. The number of imidazole rings is 1. The fourth-order valence-corrected chi connectivity index (χ4v) is 2.93. The number of aromatic nitrogens is 2. The second kappa shape index (κ2) is 9.40. The van der Waals surface area contributed by atoms with Crippen molar-refractivity contribution in [2.45, 2.75) is 19.9 Å². The van der Waals surface area contributed by atoms with Crippen molar-refractivity contribution < 1.29 is 18.8 Å². The third kappa shape index (κ3) is 5.46. The van der Waals surface area contributed by atoms with Gasteiger partial charge >= 0.3 is 0 Å². The Hall–Kier alpha value is -3.72. The Morgan fingerprint density at radius 3 is 2.16 bits per heavy atom. The Bertz CT molecular complexity index is 1130. The van der Waals surface area contributed by atoms with Crippen molar-refractivity contribution in [1.82, 2.24) is 15.3 Å². The van der Waals surface area contributed by atoms with E-state index in [0.29, 0.717) is 11.4 Å². The van der Waals surface area contributed by atoms with Crippen LogP contribution in [0.15, 0.2) is 48.8 Å². The third-order valence-corrected chi connectivity index (χ3v) is 4.39. The summed E-state index contributed by atoms with van der Waals surface area (Å²) in [5.41, 5.74) is 1.04. The number of amides is 3. The zero-order valence-electron chi connectivity index (χ0n) is 16.6. The van der Waals surface area contributed by atoms with E-state index in [1.807, 2.05) is 0 Å². The lowest BCUT2D eigenvalue weighted by atomic mass is 10.2. The molecule has 2 aromatic carbocycles. The molecule has 0 atom stereocenters. The van der Waals surface area contributed by atoms with E-state index in [4.69, 9.17) is 11.6 Å². The number of nitrogens with zero attached hydrogens (tertiary/aromatic N) is 1. The summed E-state index contributed by atoms with van der Waals surface area (Å²) >= 11 is 5.90. The van der Waals surface area contributed by atoms with Crippen LogP contribution in [0.1, 0.15) is 45.2 Å². The Kier molecular flexibility index (Phi) is 6.66. The maximum atomic E-state index is 13.1. The molecule has 0 bridgehead atoms. The maximum Gasteiger partial charge on any atom is 0.274 e. The fourth-order valence-electron chi connectivity index (χ4n) is 2.67. The highest BCUT2D eigenvalue weighted by Gasteiger charge is 2.21. The zero-order chi connectivity index (χ0) is 22.5. The number of rotatable bonds is 6. The number of benzene rings is 2. The van der Waals surface area contributed by atoms with Gasteiger partial charge in [-0.3, -0.25) is 14.4 Å². The van der Waals surface area contributed by atoms with Gasteiger partial charge in [-0.1, -0.05) is 11.6 Å². The molecule has 0 radical (unpaired) electrons. The summed E-state index contributed by atoms with van der Waals surface area (Å²) < 4.78 is 13.1. The first-order valence-electron chi connectivity index (χ1n) is 9.26. The monoisotopic (exact) mass is 443 g/mol. The Morgan fingerprint density at radius 1 is 0.968 bits per heavy atom. The van der Waals surface area contributed by atoms with Crippen LogP contribution in [0.3, 0.4) is 0 Å². The molecule has 10 heteroatoms. The molecule has 1 heterocycles. The van der Waals surface area contributed by atoms with Crippen molar-refractivity contribution >= 4 is 40.7 Å². The van der Waals surface area contributed by atoms with Gasteiger partial charge in [0.1, 0.15) is 11.5 Å². The van der Waals surface area contributed by atoms with Crippen molar-refractivity contribution in [3.8, 4) is 0 Å². The lowest BCUT2D eigenvalue weighted by molar-refractivity contribution is 0.0925. The van der Waals surface area contributed by atoms with Gasteiger partial charge in [-0.25, -0.2) is 9.37 Å². The average molecular weight is 444 g/mol. The number of carbonyl (C=O) groups is 3. The normalized spacial score (nSPS) is 10.6. The second-order valence-corrected chi connectivity index (χ2v) is 7.27. The van der Waals surface area contributed by atoms with Gasteiger partial charge in [0.15, 0.2) is 5.69 Å². The predicted octanol–water partition coefficient (Wildman–Crippen LogP) is 3.85. The molecule has 3 amide bonds. The van der Waals surface area contributed by atoms with Crippen LogP contribution in [0, 0.1) is 5.82 Å². The molecule has 0 unspecified atom stereocenters. The molecule has 8 nitrogen and oxygen atoms in total. The summed E-state index contributed by atoms with van der Waals surface area (Å²) in [5, 5.41) is 7.97. The summed E-state index contributed by atoms with van der Waals surface area (Å²) in [6.07, 6.45) is 1.27. The molecule has 0 saturated heterocycles. The molecule has 3 aromatic rings. The van der Waals surface area contributed by atoms with E-state index in [9.17, 15) is 18.8 Å². The second-order valence-electron chi connectivity index (χ2n) is 6.86. The highest BCUT2D eigenvalue weighted by molar-refractivity contribution is 6.34. The molecule has 160 valence electrons. The van der Waals surface area contributed by atoms with Gasteiger partial charge in [0.05, 0.1) is 16.9 Å². The largest absolute Gasteiger partial charge is 0.348 e. The molecule has 31 heavy (non-hydrogen) atoms. The number of nitrogens with one attached hydrogen (secondary N) is 4. The van der Waals surface area contributed by atoms with E-state index in [-0.39, 0.29) is 28.0 Å². The highest BCUT2D eigenvalue weighted by atomic mass is 35.5. The molecule has 1 aromatic heterocycles. The van der Waals surface area contributed by atoms with Crippen LogP contribution in [0.2, 0.25) is 5.02 Å². The summed E-state index contributed by atoms with van der Waals surface area (Å²) in [6, 6.07) is 9.68. The standard InChI is InChI=1S/C21H19ClFN5O3/c1-11(2)26-20(30)17-18(25-10-24-17)21(31)28-14-6-4-13(5-7-14)27-19(29)15-8-3-12(23)9-16(15)22/h3-11H,1-2H3,(H,24,25)(H,26,30)(H,27,29)(H,28,31). The number of halogens is 2. The summed E-state index contributed by atoms with van der Waals surface area (Å²) in [7, 11) is 0. The number of anilines is 2. The van der Waals surface area contributed by atoms with E-state index >= 15 is 0 Å². The van der Waals surface area contributed by atoms with E-state index in [1.165, 1.54) is 12.4 Å². The highest BCUT2D eigenvalue weighted by Crippen LogP contribution is 2.20. The van der Waals surface area contributed by atoms with Crippen LogP contribution in [0.25, 0.3) is 0 Å². The number of H-pyrrole nitrogens is 1. The number of hydrogen-bond acceptors (Lipinski definition) is 4. The molecule has 0 aliphatic rings. The molecule has 3 rings (SSSR count). The van der Waals surface area contributed by atoms with Gasteiger partial charge in [0.25, 0.3) is 17.7 Å². The molecule has 0 saturated carbocycles. The van der Waals surface area contributed by atoms with Gasteiger partial charge < -0.3 is 20.9 Å². The minimum atomic E-state index is -0.540. The van der Waals surface area contributed by atoms with Gasteiger partial charge in [0.2, 0.25) is 0 Å². The van der Waals surface area contributed by atoms with Crippen LogP contribution in [-0.4, -0.2) is 33.7 Å². The van der Waals surface area contributed by atoms with E-state index < -0.39 is 23.5 Å². The first kappa shape index (κ1) is 22.0. The molecular weight excluding hydrogens is 425 g/mol. The number of aromatic amines is 1. The Morgan fingerprint density at radius 2 is 1.58 bits per heavy atom. The summed E-state index contributed by atoms with van der Waals surface area (Å²) in [5.74, 6) is -2.04. The van der Waals surface area contributed by atoms with Crippen LogP contribution in [0.4, 0.5) is 15.8 Å². The Balaban J connectivity index is 1.66.